The number of carbonyl (C=O) groups excluding carboxylic acids is 1. The van der Waals surface area contributed by atoms with Crippen molar-refractivity contribution in [1.82, 2.24) is 0 Å². The fourth-order valence-electron chi connectivity index (χ4n) is 2.36. The molecule has 3 aromatic rings. The molecule has 0 fully saturated rings. The van der Waals surface area contributed by atoms with Crippen LogP contribution in [0.5, 0.6) is 11.5 Å². The summed E-state index contributed by atoms with van der Waals surface area (Å²) in [5.74, 6) is 1.40. The molecule has 0 bridgehead atoms. The SMILES string of the molecule is Cc1ccc(N)c(OCCOc2cc3cc(C=O)oc3cc2N)c1. The molecule has 0 aliphatic rings. The van der Waals surface area contributed by atoms with E-state index in [1.54, 1.807) is 24.3 Å². The summed E-state index contributed by atoms with van der Waals surface area (Å²) in [4.78, 5) is 10.8. The topological polar surface area (TPSA) is 101 Å². The first-order chi connectivity index (χ1) is 11.6. The number of aldehydes is 1. The van der Waals surface area contributed by atoms with Gasteiger partial charge >= 0.3 is 0 Å². The van der Waals surface area contributed by atoms with E-state index in [0.717, 1.165) is 10.9 Å². The molecule has 1 aromatic heterocycles. The highest BCUT2D eigenvalue weighted by atomic mass is 16.5. The monoisotopic (exact) mass is 326 g/mol. The van der Waals surface area contributed by atoms with Crippen molar-refractivity contribution in [2.24, 2.45) is 0 Å². The van der Waals surface area contributed by atoms with Gasteiger partial charge in [-0.25, -0.2) is 0 Å². The quantitative estimate of drug-likeness (QED) is 0.410. The zero-order valence-electron chi connectivity index (χ0n) is 13.2. The number of nitrogens with two attached hydrogens (primary N) is 2. The molecule has 24 heavy (non-hydrogen) atoms. The van der Waals surface area contributed by atoms with E-state index < -0.39 is 0 Å². The van der Waals surface area contributed by atoms with Crippen LogP contribution in [0, 0.1) is 6.92 Å². The molecule has 0 atom stereocenters. The van der Waals surface area contributed by atoms with Crippen LogP contribution in [0.3, 0.4) is 0 Å². The number of aryl methyl sites for hydroxylation is 1. The van der Waals surface area contributed by atoms with Crippen LogP contribution in [-0.2, 0) is 0 Å². The van der Waals surface area contributed by atoms with Gasteiger partial charge in [-0.3, -0.25) is 4.79 Å². The Hall–Kier alpha value is -3.15. The summed E-state index contributed by atoms with van der Waals surface area (Å²) in [5.41, 5.74) is 14.4. The smallest absolute Gasteiger partial charge is 0.185 e. The van der Waals surface area contributed by atoms with Gasteiger partial charge in [-0.1, -0.05) is 6.07 Å². The summed E-state index contributed by atoms with van der Waals surface area (Å²) < 4.78 is 16.6. The molecule has 124 valence electrons. The fourth-order valence-corrected chi connectivity index (χ4v) is 2.36. The lowest BCUT2D eigenvalue weighted by Gasteiger charge is -2.12. The van der Waals surface area contributed by atoms with E-state index in [1.165, 1.54) is 0 Å². The summed E-state index contributed by atoms with van der Waals surface area (Å²) in [6, 6.07) is 10.6. The van der Waals surface area contributed by atoms with Crippen molar-refractivity contribution in [3.8, 4) is 11.5 Å². The number of rotatable bonds is 6. The molecule has 0 saturated carbocycles. The van der Waals surface area contributed by atoms with Gasteiger partial charge in [0.05, 0.1) is 11.4 Å². The molecule has 0 spiro atoms. The van der Waals surface area contributed by atoms with Crippen LogP contribution in [0.4, 0.5) is 11.4 Å². The lowest BCUT2D eigenvalue weighted by Crippen LogP contribution is -2.10. The first-order valence-corrected chi connectivity index (χ1v) is 7.47. The van der Waals surface area contributed by atoms with Crippen LogP contribution in [0.2, 0.25) is 0 Å². The van der Waals surface area contributed by atoms with E-state index in [9.17, 15) is 4.79 Å². The third-order valence-corrected chi connectivity index (χ3v) is 3.55. The number of fused-ring (bicyclic) bond motifs is 1. The summed E-state index contributed by atoms with van der Waals surface area (Å²) in [6.07, 6.45) is 0.650. The highest BCUT2D eigenvalue weighted by molar-refractivity contribution is 5.88. The average molecular weight is 326 g/mol. The van der Waals surface area contributed by atoms with E-state index in [-0.39, 0.29) is 5.76 Å². The van der Waals surface area contributed by atoms with Gasteiger partial charge in [0.1, 0.15) is 30.3 Å². The second-order valence-electron chi connectivity index (χ2n) is 5.43. The number of benzene rings is 2. The normalized spacial score (nSPS) is 10.7. The summed E-state index contributed by atoms with van der Waals surface area (Å²) in [5, 5.41) is 0.755. The summed E-state index contributed by atoms with van der Waals surface area (Å²) in [6.45, 7) is 2.61. The van der Waals surface area contributed by atoms with Crippen LogP contribution in [0.25, 0.3) is 11.0 Å². The molecule has 6 nitrogen and oxygen atoms in total. The molecule has 0 amide bonds. The van der Waals surface area contributed by atoms with Gasteiger partial charge in [-0.15, -0.1) is 0 Å². The van der Waals surface area contributed by atoms with Gasteiger partial charge in [0.15, 0.2) is 12.0 Å². The molecule has 0 saturated heterocycles. The Morgan fingerprint density at radius 2 is 1.71 bits per heavy atom. The van der Waals surface area contributed by atoms with Crippen LogP contribution in [-0.4, -0.2) is 19.5 Å². The Bertz CT molecular complexity index is 886. The molecule has 1 heterocycles. The maximum absolute atomic E-state index is 10.8. The minimum Gasteiger partial charge on any atom is -0.488 e. The third-order valence-electron chi connectivity index (χ3n) is 3.55. The van der Waals surface area contributed by atoms with E-state index in [0.29, 0.717) is 48.0 Å². The number of ether oxygens (including phenoxy) is 2. The number of furan rings is 1. The first-order valence-electron chi connectivity index (χ1n) is 7.47. The Kier molecular flexibility index (Phi) is 4.29. The highest BCUT2D eigenvalue weighted by Crippen LogP contribution is 2.30. The van der Waals surface area contributed by atoms with Gasteiger partial charge in [0, 0.05) is 11.5 Å². The van der Waals surface area contributed by atoms with Gasteiger partial charge in [-0.2, -0.15) is 0 Å². The standard InChI is InChI=1S/C18H18N2O4/c1-11-2-3-14(19)17(6-11)22-4-5-23-18-8-12-7-13(10-21)24-16(12)9-15(18)20/h2-3,6-10H,4-5,19-20H2,1H3. The van der Waals surface area contributed by atoms with Gasteiger partial charge in [0.2, 0.25) is 0 Å². The number of carbonyl (C=O) groups is 1. The van der Waals surface area contributed by atoms with Crippen molar-refractivity contribution < 1.29 is 18.7 Å². The molecule has 4 N–H and O–H groups in total. The fraction of sp³-hybridized carbons (Fsp3) is 0.167. The van der Waals surface area contributed by atoms with Crippen molar-refractivity contribution in [1.29, 1.82) is 0 Å². The van der Waals surface area contributed by atoms with Gasteiger partial charge in [0.25, 0.3) is 0 Å². The lowest BCUT2D eigenvalue weighted by molar-refractivity contribution is 0.110. The van der Waals surface area contributed by atoms with Gasteiger partial charge in [-0.05, 0) is 36.8 Å². The Morgan fingerprint density at radius 1 is 1.00 bits per heavy atom. The molecular weight excluding hydrogens is 308 g/mol. The minimum atomic E-state index is 0.250. The van der Waals surface area contributed by atoms with E-state index >= 15 is 0 Å². The Morgan fingerprint density at radius 3 is 2.42 bits per heavy atom. The highest BCUT2D eigenvalue weighted by Gasteiger charge is 2.09. The third kappa shape index (κ3) is 3.27. The van der Waals surface area contributed by atoms with Crippen LogP contribution in [0.1, 0.15) is 16.1 Å². The number of hydrogen-bond donors (Lipinski definition) is 2. The van der Waals surface area contributed by atoms with E-state index in [4.69, 9.17) is 25.4 Å². The molecule has 0 unspecified atom stereocenters. The zero-order valence-corrected chi connectivity index (χ0v) is 13.2. The van der Waals surface area contributed by atoms with Crippen LogP contribution < -0.4 is 20.9 Å². The predicted molar refractivity (Wildman–Crippen MR) is 92.6 cm³/mol. The maximum atomic E-state index is 10.8. The molecule has 0 aliphatic heterocycles. The van der Waals surface area contributed by atoms with Gasteiger partial charge < -0.3 is 25.4 Å². The lowest BCUT2D eigenvalue weighted by atomic mass is 10.2. The number of nitrogen functional groups attached to an aromatic ring is 2. The molecular formula is C18H18N2O4. The van der Waals surface area contributed by atoms with Crippen LogP contribution >= 0.6 is 0 Å². The summed E-state index contributed by atoms with van der Waals surface area (Å²) >= 11 is 0. The molecule has 0 aliphatic carbocycles. The van der Waals surface area contributed by atoms with Crippen molar-refractivity contribution in [3.05, 3.63) is 47.7 Å². The predicted octanol–water partition coefficient (Wildman–Crippen LogP) is 3.18. The van der Waals surface area contributed by atoms with Crippen LogP contribution in [0.15, 0.2) is 40.8 Å². The molecule has 6 heteroatoms. The second-order valence-corrected chi connectivity index (χ2v) is 5.43. The van der Waals surface area contributed by atoms with E-state index in [1.807, 2.05) is 19.1 Å². The number of anilines is 2. The number of hydrogen-bond acceptors (Lipinski definition) is 6. The van der Waals surface area contributed by atoms with Crippen molar-refractivity contribution in [2.75, 3.05) is 24.7 Å². The molecule has 3 rings (SSSR count). The van der Waals surface area contributed by atoms with Crippen molar-refractivity contribution in [2.45, 2.75) is 6.92 Å². The second kappa shape index (κ2) is 6.54. The summed E-state index contributed by atoms with van der Waals surface area (Å²) in [7, 11) is 0. The van der Waals surface area contributed by atoms with Crippen molar-refractivity contribution in [3.63, 3.8) is 0 Å². The maximum Gasteiger partial charge on any atom is 0.185 e. The molecule has 0 radical (unpaired) electrons. The largest absolute Gasteiger partial charge is 0.488 e. The minimum absolute atomic E-state index is 0.250. The average Bonchev–Trinajstić information content (AvgIpc) is 2.96. The zero-order chi connectivity index (χ0) is 17.1. The first kappa shape index (κ1) is 15.7. The molecule has 2 aromatic carbocycles. The Balaban J connectivity index is 1.64. The van der Waals surface area contributed by atoms with E-state index in [2.05, 4.69) is 0 Å². The van der Waals surface area contributed by atoms with Crippen molar-refractivity contribution >= 4 is 28.6 Å². The Labute approximate surface area is 138 Å².